The van der Waals surface area contributed by atoms with Gasteiger partial charge in [0.15, 0.2) is 0 Å². The van der Waals surface area contributed by atoms with Crippen molar-refractivity contribution in [2.24, 2.45) is 0 Å². The van der Waals surface area contributed by atoms with Crippen molar-refractivity contribution in [3.05, 3.63) is 23.8 Å². The van der Waals surface area contributed by atoms with Crippen LogP contribution in [0, 0.1) is 0 Å². The van der Waals surface area contributed by atoms with Crippen molar-refractivity contribution in [3.63, 3.8) is 0 Å². The molecule has 1 saturated heterocycles. The van der Waals surface area contributed by atoms with E-state index < -0.39 is 16.1 Å². The van der Waals surface area contributed by atoms with E-state index in [0.29, 0.717) is 0 Å². The summed E-state index contributed by atoms with van der Waals surface area (Å²) < 4.78 is 31.6. The van der Waals surface area contributed by atoms with Gasteiger partial charge in [0.2, 0.25) is 15.9 Å². The van der Waals surface area contributed by atoms with E-state index in [-0.39, 0.29) is 43.4 Å². The first kappa shape index (κ1) is 16.7. The van der Waals surface area contributed by atoms with Crippen molar-refractivity contribution in [2.75, 3.05) is 45.2 Å². The highest BCUT2D eigenvalue weighted by molar-refractivity contribution is 7.89. The minimum atomic E-state index is -3.65. The van der Waals surface area contributed by atoms with Crippen molar-refractivity contribution >= 4 is 27.7 Å². The van der Waals surface area contributed by atoms with Gasteiger partial charge in [-0.25, -0.2) is 13.2 Å². The Hall–Kier alpha value is -2.13. The number of piperazine rings is 1. The van der Waals surface area contributed by atoms with Crippen LogP contribution >= 0.6 is 0 Å². The van der Waals surface area contributed by atoms with Crippen LogP contribution < -0.4 is 4.90 Å². The molecule has 0 aliphatic carbocycles. The predicted molar refractivity (Wildman–Crippen MR) is 86.3 cm³/mol. The molecule has 0 spiro atoms. The second kappa shape index (κ2) is 6.06. The van der Waals surface area contributed by atoms with Crippen molar-refractivity contribution in [1.82, 2.24) is 9.21 Å². The minimum absolute atomic E-state index is 0.0498. The van der Waals surface area contributed by atoms with Gasteiger partial charge < -0.3 is 14.5 Å². The molecule has 1 aromatic rings. The maximum atomic E-state index is 12.8. The standard InChI is InChI=1S/C15H19N3O5S/c1-16-13-4-3-12(9-11(13)10-14(16)19)24(21,22)18-7-5-17(6-8-18)15(20)23-2/h3-4,9H,5-8,10H2,1-2H3. The molecule has 1 aromatic carbocycles. The van der Waals surface area contributed by atoms with Gasteiger partial charge in [-0.3, -0.25) is 4.79 Å². The number of carbonyl (C=O) groups is 2. The summed E-state index contributed by atoms with van der Waals surface area (Å²) in [7, 11) is -0.675. The molecular formula is C15H19N3O5S. The van der Waals surface area contributed by atoms with E-state index >= 15 is 0 Å². The number of hydrogen-bond acceptors (Lipinski definition) is 5. The number of nitrogens with zero attached hydrogens (tertiary/aromatic N) is 3. The molecule has 2 amide bonds. The van der Waals surface area contributed by atoms with E-state index in [1.54, 1.807) is 19.2 Å². The molecule has 3 rings (SSSR count). The van der Waals surface area contributed by atoms with E-state index in [1.165, 1.54) is 27.3 Å². The summed E-state index contributed by atoms with van der Waals surface area (Å²) in [4.78, 5) is 26.4. The molecular weight excluding hydrogens is 334 g/mol. The highest BCUT2D eigenvalue weighted by Gasteiger charge is 2.32. The van der Waals surface area contributed by atoms with Gasteiger partial charge in [-0.2, -0.15) is 4.31 Å². The number of carbonyl (C=O) groups excluding carboxylic acids is 2. The third-order valence-electron chi connectivity index (χ3n) is 4.44. The fourth-order valence-electron chi connectivity index (χ4n) is 3.00. The number of anilines is 1. The van der Waals surface area contributed by atoms with Gasteiger partial charge in [0, 0.05) is 38.9 Å². The lowest BCUT2D eigenvalue weighted by Crippen LogP contribution is -2.50. The molecule has 0 atom stereocenters. The smallest absolute Gasteiger partial charge is 0.409 e. The van der Waals surface area contributed by atoms with Crippen molar-refractivity contribution in [1.29, 1.82) is 0 Å². The van der Waals surface area contributed by atoms with E-state index in [9.17, 15) is 18.0 Å². The van der Waals surface area contributed by atoms with Gasteiger partial charge >= 0.3 is 6.09 Å². The first-order chi connectivity index (χ1) is 11.3. The number of hydrogen-bond donors (Lipinski definition) is 0. The van der Waals surface area contributed by atoms with Gasteiger partial charge in [-0.15, -0.1) is 0 Å². The highest BCUT2D eigenvalue weighted by Crippen LogP contribution is 2.30. The Balaban J connectivity index is 1.79. The van der Waals surface area contributed by atoms with Crippen LogP contribution in [0.2, 0.25) is 0 Å². The quantitative estimate of drug-likeness (QED) is 0.762. The first-order valence-corrected chi connectivity index (χ1v) is 9.01. The maximum Gasteiger partial charge on any atom is 0.409 e. The average Bonchev–Trinajstić information content (AvgIpc) is 2.88. The summed E-state index contributed by atoms with van der Waals surface area (Å²) >= 11 is 0. The molecule has 0 unspecified atom stereocenters. The van der Waals surface area contributed by atoms with Crippen LogP contribution in [0.15, 0.2) is 23.1 Å². The number of amides is 2. The van der Waals surface area contributed by atoms with Crippen LogP contribution in [0.25, 0.3) is 0 Å². The Bertz CT molecular complexity index is 784. The Labute approximate surface area is 140 Å². The lowest BCUT2D eigenvalue weighted by atomic mass is 10.2. The Morgan fingerprint density at radius 3 is 2.46 bits per heavy atom. The van der Waals surface area contributed by atoms with Crippen LogP contribution in [-0.4, -0.2) is 70.0 Å². The largest absolute Gasteiger partial charge is 0.453 e. The average molecular weight is 353 g/mol. The zero-order chi connectivity index (χ0) is 17.5. The zero-order valence-electron chi connectivity index (χ0n) is 13.6. The molecule has 8 nitrogen and oxygen atoms in total. The summed E-state index contributed by atoms with van der Waals surface area (Å²) in [6.07, 6.45) is -0.239. The minimum Gasteiger partial charge on any atom is -0.453 e. The molecule has 9 heteroatoms. The lowest BCUT2D eigenvalue weighted by molar-refractivity contribution is -0.117. The second-order valence-electron chi connectivity index (χ2n) is 5.78. The second-order valence-corrected chi connectivity index (χ2v) is 7.72. The van der Waals surface area contributed by atoms with Crippen molar-refractivity contribution in [3.8, 4) is 0 Å². The molecule has 24 heavy (non-hydrogen) atoms. The van der Waals surface area contributed by atoms with Gasteiger partial charge in [0.1, 0.15) is 0 Å². The number of methoxy groups -OCH3 is 1. The molecule has 2 aliphatic heterocycles. The molecule has 2 aliphatic rings. The van der Waals surface area contributed by atoms with Gasteiger partial charge in [0.05, 0.1) is 18.4 Å². The third kappa shape index (κ3) is 2.73. The fourth-order valence-corrected chi connectivity index (χ4v) is 4.47. The number of benzene rings is 1. The Morgan fingerprint density at radius 1 is 1.17 bits per heavy atom. The molecule has 0 radical (unpaired) electrons. The number of ether oxygens (including phenoxy) is 1. The van der Waals surface area contributed by atoms with Crippen LogP contribution in [0.3, 0.4) is 0 Å². The van der Waals surface area contributed by atoms with E-state index in [1.807, 2.05) is 0 Å². The summed E-state index contributed by atoms with van der Waals surface area (Å²) in [5.74, 6) is -0.0498. The highest BCUT2D eigenvalue weighted by atomic mass is 32.2. The van der Waals surface area contributed by atoms with Crippen LogP contribution in [0.1, 0.15) is 5.56 Å². The molecule has 2 heterocycles. The van der Waals surface area contributed by atoms with Crippen molar-refractivity contribution in [2.45, 2.75) is 11.3 Å². The van der Waals surface area contributed by atoms with Gasteiger partial charge in [-0.05, 0) is 23.8 Å². The molecule has 1 fully saturated rings. The number of sulfonamides is 1. The fraction of sp³-hybridized carbons (Fsp3) is 0.467. The molecule has 130 valence electrons. The number of rotatable bonds is 2. The summed E-state index contributed by atoms with van der Waals surface area (Å²) in [6.45, 7) is 1.01. The third-order valence-corrected chi connectivity index (χ3v) is 6.33. The zero-order valence-corrected chi connectivity index (χ0v) is 14.4. The lowest BCUT2D eigenvalue weighted by Gasteiger charge is -2.33. The Morgan fingerprint density at radius 2 is 1.83 bits per heavy atom. The van der Waals surface area contributed by atoms with E-state index in [4.69, 9.17) is 0 Å². The van der Waals surface area contributed by atoms with Crippen LogP contribution in [0.4, 0.5) is 10.5 Å². The first-order valence-electron chi connectivity index (χ1n) is 7.57. The van der Waals surface area contributed by atoms with Gasteiger partial charge in [0.25, 0.3) is 0 Å². The number of fused-ring (bicyclic) bond motifs is 1. The summed E-state index contributed by atoms with van der Waals surface area (Å²) in [6, 6.07) is 4.76. The predicted octanol–water partition coefficient (Wildman–Crippen LogP) is 0.278. The summed E-state index contributed by atoms with van der Waals surface area (Å²) in [5, 5.41) is 0. The topological polar surface area (TPSA) is 87.2 Å². The van der Waals surface area contributed by atoms with Crippen LogP contribution in [0.5, 0.6) is 0 Å². The van der Waals surface area contributed by atoms with E-state index in [0.717, 1.165) is 11.3 Å². The maximum absolute atomic E-state index is 12.8. The van der Waals surface area contributed by atoms with Gasteiger partial charge in [-0.1, -0.05) is 0 Å². The molecule has 0 N–H and O–H groups in total. The molecule has 0 aromatic heterocycles. The normalized spacial score (nSPS) is 18.7. The molecule has 0 bridgehead atoms. The number of likely N-dealkylation sites (N-methyl/N-ethyl adjacent to an activating group) is 1. The Kier molecular flexibility index (Phi) is 4.22. The summed E-state index contributed by atoms with van der Waals surface area (Å²) in [5.41, 5.74) is 1.46. The van der Waals surface area contributed by atoms with Crippen LogP contribution in [-0.2, 0) is 26.0 Å². The van der Waals surface area contributed by atoms with Crippen molar-refractivity contribution < 1.29 is 22.7 Å². The molecule has 0 saturated carbocycles. The SMILES string of the molecule is COC(=O)N1CCN(S(=O)(=O)c2ccc3c(c2)CC(=O)N3C)CC1. The van der Waals surface area contributed by atoms with E-state index in [2.05, 4.69) is 4.74 Å². The monoisotopic (exact) mass is 353 g/mol.